The zero-order valence-electron chi connectivity index (χ0n) is 7.21. The van der Waals surface area contributed by atoms with E-state index in [4.69, 9.17) is 11.6 Å². The van der Waals surface area contributed by atoms with Crippen molar-refractivity contribution in [3.8, 4) is 10.6 Å². The molecule has 0 amide bonds. The number of benzene rings is 1. The standard InChI is InChI=1S/C10H7ClINS/c11-9-4-2-1-3-8(9)10-13-7(5-12)6-14-10/h1-4,6H,5H2. The number of rotatable bonds is 2. The first kappa shape index (κ1) is 10.4. The molecular weight excluding hydrogens is 329 g/mol. The van der Waals surface area contributed by atoms with Gasteiger partial charge in [0.15, 0.2) is 0 Å². The monoisotopic (exact) mass is 335 g/mol. The highest BCUT2D eigenvalue weighted by molar-refractivity contribution is 14.1. The Morgan fingerprint density at radius 3 is 2.79 bits per heavy atom. The van der Waals surface area contributed by atoms with E-state index in [1.54, 1.807) is 11.3 Å². The van der Waals surface area contributed by atoms with Crippen LogP contribution in [-0.2, 0) is 4.43 Å². The quantitative estimate of drug-likeness (QED) is 0.585. The van der Waals surface area contributed by atoms with Gasteiger partial charge in [0.05, 0.1) is 10.7 Å². The topological polar surface area (TPSA) is 12.9 Å². The number of alkyl halides is 1. The van der Waals surface area contributed by atoms with E-state index in [1.807, 2.05) is 24.3 Å². The van der Waals surface area contributed by atoms with Crippen molar-refractivity contribution in [2.24, 2.45) is 0 Å². The van der Waals surface area contributed by atoms with Gasteiger partial charge in [-0.2, -0.15) is 0 Å². The van der Waals surface area contributed by atoms with E-state index in [2.05, 4.69) is 33.0 Å². The lowest BCUT2D eigenvalue weighted by Gasteiger charge is -1.97. The molecule has 0 aliphatic rings. The van der Waals surface area contributed by atoms with Crippen molar-refractivity contribution in [2.45, 2.75) is 4.43 Å². The minimum Gasteiger partial charge on any atom is -0.240 e. The van der Waals surface area contributed by atoms with Crippen LogP contribution in [0.1, 0.15) is 5.69 Å². The summed E-state index contributed by atoms with van der Waals surface area (Å²) in [7, 11) is 0. The predicted octanol–water partition coefficient (Wildman–Crippen LogP) is 4.40. The summed E-state index contributed by atoms with van der Waals surface area (Å²) in [6.45, 7) is 0. The molecule has 0 aliphatic carbocycles. The number of aromatic nitrogens is 1. The van der Waals surface area contributed by atoms with Crippen molar-refractivity contribution < 1.29 is 0 Å². The summed E-state index contributed by atoms with van der Waals surface area (Å²) in [5, 5.41) is 3.84. The van der Waals surface area contributed by atoms with Crippen LogP contribution < -0.4 is 0 Å². The van der Waals surface area contributed by atoms with Gasteiger partial charge >= 0.3 is 0 Å². The van der Waals surface area contributed by atoms with Crippen LogP contribution in [0.3, 0.4) is 0 Å². The highest BCUT2D eigenvalue weighted by atomic mass is 127. The van der Waals surface area contributed by atoms with Gasteiger partial charge in [0.2, 0.25) is 0 Å². The molecule has 0 atom stereocenters. The summed E-state index contributed by atoms with van der Waals surface area (Å²) in [6, 6.07) is 7.80. The van der Waals surface area contributed by atoms with Crippen LogP contribution in [-0.4, -0.2) is 4.98 Å². The lowest BCUT2D eigenvalue weighted by Crippen LogP contribution is -1.79. The minimum absolute atomic E-state index is 0.766. The minimum atomic E-state index is 0.766. The molecule has 0 fully saturated rings. The Morgan fingerprint density at radius 1 is 1.36 bits per heavy atom. The largest absolute Gasteiger partial charge is 0.240 e. The van der Waals surface area contributed by atoms with Crippen molar-refractivity contribution in [1.82, 2.24) is 4.98 Å². The van der Waals surface area contributed by atoms with Crippen LogP contribution in [0.15, 0.2) is 29.6 Å². The number of hydrogen-bond donors (Lipinski definition) is 0. The van der Waals surface area contributed by atoms with Crippen molar-refractivity contribution in [3.05, 3.63) is 40.4 Å². The fraction of sp³-hybridized carbons (Fsp3) is 0.100. The van der Waals surface area contributed by atoms with Gasteiger partial charge in [-0.25, -0.2) is 4.98 Å². The van der Waals surface area contributed by atoms with Crippen LogP contribution in [0.25, 0.3) is 10.6 Å². The molecule has 0 N–H and O–H groups in total. The third-order valence-corrected chi connectivity index (χ3v) is 3.83. The molecule has 0 saturated carbocycles. The second-order valence-electron chi connectivity index (χ2n) is 2.76. The van der Waals surface area contributed by atoms with Gasteiger partial charge in [0.25, 0.3) is 0 Å². The predicted molar refractivity (Wildman–Crippen MR) is 70.3 cm³/mol. The maximum Gasteiger partial charge on any atom is 0.125 e. The third kappa shape index (κ3) is 2.10. The number of halogens is 2. The molecule has 2 rings (SSSR count). The van der Waals surface area contributed by atoms with Crippen LogP contribution in [0.5, 0.6) is 0 Å². The summed E-state index contributed by atoms with van der Waals surface area (Å²) >= 11 is 10.0. The number of hydrogen-bond acceptors (Lipinski definition) is 2. The normalized spacial score (nSPS) is 10.4. The van der Waals surface area contributed by atoms with Crippen molar-refractivity contribution in [3.63, 3.8) is 0 Å². The van der Waals surface area contributed by atoms with E-state index in [0.29, 0.717) is 0 Å². The Balaban J connectivity index is 2.44. The first-order valence-corrected chi connectivity index (χ1v) is 6.85. The lowest BCUT2D eigenvalue weighted by molar-refractivity contribution is 1.26. The third-order valence-electron chi connectivity index (χ3n) is 1.79. The zero-order valence-corrected chi connectivity index (χ0v) is 10.9. The Bertz CT molecular complexity index is 441. The molecule has 0 unspecified atom stereocenters. The average molecular weight is 336 g/mol. The average Bonchev–Trinajstić information content (AvgIpc) is 2.67. The maximum absolute atomic E-state index is 6.08. The van der Waals surface area contributed by atoms with Crippen LogP contribution in [0.4, 0.5) is 0 Å². The van der Waals surface area contributed by atoms with Gasteiger partial charge in [-0.05, 0) is 6.07 Å². The molecule has 0 aliphatic heterocycles. The maximum atomic E-state index is 6.08. The van der Waals surface area contributed by atoms with Gasteiger partial charge in [-0.1, -0.05) is 52.4 Å². The van der Waals surface area contributed by atoms with Crippen LogP contribution in [0.2, 0.25) is 5.02 Å². The van der Waals surface area contributed by atoms with E-state index < -0.39 is 0 Å². The van der Waals surface area contributed by atoms with Crippen LogP contribution >= 0.6 is 45.5 Å². The molecule has 14 heavy (non-hydrogen) atoms. The van der Waals surface area contributed by atoms with Gasteiger partial charge in [0, 0.05) is 15.4 Å². The van der Waals surface area contributed by atoms with E-state index >= 15 is 0 Å². The Labute approximate surface area is 105 Å². The highest BCUT2D eigenvalue weighted by Crippen LogP contribution is 2.30. The SMILES string of the molecule is Clc1ccccc1-c1nc(CI)cs1. The van der Waals surface area contributed by atoms with Crippen molar-refractivity contribution in [2.75, 3.05) is 0 Å². The summed E-state index contributed by atoms with van der Waals surface area (Å²) < 4.78 is 0.943. The molecule has 0 saturated heterocycles. The summed E-state index contributed by atoms with van der Waals surface area (Å²) in [5.74, 6) is 0. The molecule has 4 heteroatoms. The molecule has 1 aromatic carbocycles. The van der Waals surface area contributed by atoms with Gasteiger partial charge in [-0.15, -0.1) is 11.3 Å². The Morgan fingerprint density at radius 2 is 2.14 bits per heavy atom. The van der Waals surface area contributed by atoms with E-state index in [-0.39, 0.29) is 0 Å². The molecule has 0 bridgehead atoms. The first-order chi connectivity index (χ1) is 6.81. The summed E-state index contributed by atoms with van der Waals surface area (Å²) in [4.78, 5) is 4.49. The fourth-order valence-electron chi connectivity index (χ4n) is 1.13. The molecule has 1 nitrogen and oxygen atoms in total. The second-order valence-corrected chi connectivity index (χ2v) is 4.79. The van der Waals surface area contributed by atoms with E-state index in [1.165, 1.54) is 0 Å². The van der Waals surface area contributed by atoms with E-state index in [9.17, 15) is 0 Å². The second kappa shape index (κ2) is 4.59. The van der Waals surface area contributed by atoms with Gasteiger partial charge < -0.3 is 0 Å². The molecule has 2 aromatic rings. The first-order valence-electron chi connectivity index (χ1n) is 4.06. The Hall–Kier alpha value is -0.130. The van der Waals surface area contributed by atoms with Gasteiger partial charge in [-0.3, -0.25) is 0 Å². The number of nitrogens with zero attached hydrogens (tertiary/aromatic N) is 1. The molecule has 0 radical (unpaired) electrons. The van der Waals surface area contributed by atoms with Gasteiger partial charge in [0.1, 0.15) is 5.01 Å². The molecule has 1 heterocycles. The summed E-state index contributed by atoms with van der Waals surface area (Å²) in [5.41, 5.74) is 2.14. The van der Waals surface area contributed by atoms with E-state index in [0.717, 1.165) is 25.7 Å². The van der Waals surface area contributed by atoms with Crippen molar-refractivity contribution in [1.29, 1.82) is 0 Å². The molecule has 1 aromatic heterocycles. The lowest BCUT2D eigenvalue weighted by atomic mass is 10.2. The van der Waals surface area contributed by atoms with Crippen molar-refractivity contribution >= 4 is 45.5 Å². The Kier molecular flexibility index (Phi) is 3.41. The smallest absolute Gasteiger partial charge is 0.125 e. The highest BCUT2D eigenvalue weighted by Gasteiger charge is 2.06. The number of thiazole rings is 1. The van der Waals surface area contributed by atoms with Crippen LogP contribution in [0, 0.1) is 0 Å². The fourth-order valence-corrected chi connectivity index (χ4v) is 2.96. The molecular formula is C10H7ClINS. The molecule has 72 valence electrons. The zero-order chi connectivity index (χ0) is 9.97. The molecule has 0 spiro atoms. The summed E-state index contributed by atoms with van der Waals surface area (Å²) in [6.07, 6.45) is 0.